The standard InChI is InChI=1S/C11H4F6NO2/c12-10(13,14)6-1-2-7(11(15,16)17)8(3-6)20-9-4-19-5-18-9/h1-4H. The van der Waals surface area contributed by atoms with Crippen molar-refractivity contribution in [2.45, 2.75) is 12.4 Å². The van der Waals surface area contributed by atoms with Crippen molar-refractivity contribution in [3.8, 4) is 11.6 Å². The van der Waals surface area contributed by atoms with Gasteiger partial charge in [-0.25, -0.2) is 0 Å². The van der Waals surface area contributed by atoms with Gasteiger partial charge < -0.3 is 9.15 Å². The predicted octanol–water partition coefficient (Wildman–Crippen LogP) is 4.30. The largest absolute Gasteiger partial charge is 0.437 e. The SMILES string of the molecule is FC(F)(F)c1ccc(C(F)(F)F)c(Oc2co[c]n2)c1. The molecule has 9 heteroatoms. The lowest BCUT2D eigenvalue weighted by Crippen LogP contribution is -2.10. The summed E-state index contributed by atoms with van der Waals surface area (Å²) in [4.78, 5) is 3.26. The van der Waals surface area contributed by atoms with Gasteiger partial charge in [0.15, 0.2) is 6.26 Å². The second-order valence-electron chi connectivity index (χ2n) is 3.59. The van der Waals surface area contributed by atoms with Gasteiger partial charge in [0, 0.05) is 0 Å². The second kappa shape index (κ2) is 4.73. The summed E-state index contributed by atoms with van der Waals surface area (Å²) in [5, 5.41) is 0. The summed E-state index contributed by atoms with van der Waals surface area (Å²) in [5.74, 6) is -1.45. The summed E-state index contributed by atoms with van der Waals surface area (Å²) in [6, 6.07) is 0.865. The van der Waals surface area contributed by atoms with Gasteiger partial charge in [0.25, 0.3) is 12.3 Å². The highest BCUT2D eigenvalue weighted by Crippen LogP contribution is 2.41. The summed E-state index contributed by atoms with van der Waals surface area (Å²) < 4.78 is 84.6. The van der Waals surface area contributed by atoms with Crippen LogP contribution in [-0.4, -0.2) is 4.98 Å². The van der Waals surface area contributed by atoms with Crippen LogP contribution >= 0.6 is 0 Å². The molecule has 0 saturated heterocycles. The number of rotatable bonds is 2. The predicted molar refractivity (Wildman–Crippen MR) is 51.9 cm³/mol. The summed E-state index contributed by atoms with van der Waals surface area (Å²) in [6.45, 7) is 0. The maximum atomic E-state index is 12.7. The number of benzene rings is 1. The maximum absolute atomic E-state index is 12.7. The van der Waals surface area contributed by atoms with Crippen LogP contribution in [-0.2, 0) is 12.4 Å². The molecule has 0 aliphatic rings. The zero-order valence-corrected chi connectivity index (χ0v) is 9.34. The fourth-order valence-corrected chi connectivity index (χ4v) is 1.35. The first kappa shape index (κ1) is 14.2. The summed E-state index contributed by atoms with van der Waals surface area (Å²) >= 11 is 0. The van der Waals surface area contributed by atoms with Crippen LogP contribution in [0.3, 0.4) is 0 Å². The third-order valence-electron chi connectivity index (χ3n) is 2.20. The lowest BCUT2D eigenvalue weighted by molar-refractivity contribution is -0.142. The van der Waals surface area contributed by atoms with Crippen molar-refractivity contribution in [2.75, 3.05) is 0 Å². The Morgan fingerprint density at radius 2 is 1.75 bits per heavy atom. The highest BCUT2D eigenvalue weighted by atomic mass is 19.4. The van der Waals surface area contributed by atoms with Gasteiger partial charge >= 0.3 is 12.4 Å². The molecule has 1 heterocycles. The van der Waals surface area contributed by atoms with E-state index in [0.29, 0.717) is 12.1 Å². The Morgan fingerprint density at radius 3 is 2.25 bits per heavy atom. The molecule has 0 aliphatic heterocycles. The molecule has 0 N–H and O–H groups in total. The molecule has 107 valence electrons. The minimum Gasteiger partial charge on any atom is -0.437 e. The molecule has 0 unspecified atom stereocenters. The fraction of sp³-hybridized carbons (Fsp3) is 0.182. The molecule has 0 fully saturated rings. The molecule has 1 radical (unpaired) electrons. The molecule has 3 nitrogen and oxygen atoms in total. The lowest BCUT2D eigenvalue weighted by Gasteiger charge is -2.14. The fourth-order valence-electron chi connectivity index (χ4n) is 1.35. The molecule has 0 atom stereocenters. The monoisotopic (exact) mass is 296 g/mol. The molecule has 0 saturated carbocycles. The van der Waals surface area contributed by atoms with Crippen molar-refractivity contribution < 1.29 is 35.5 Å². The first-order valence-corrected chi connectivity index (χ1v) is 4.96. The van der Waals surface area contributed by atoms with Gasteiger partial charge in [-0.05, 0) is 18.2 Å². The Bertz CT molecular complexity index is 588. The molecule has 20 heavy (non-hydrogen) atoms. The lowest BCUT2D eigenvalue weighted by atomic mass is 10.1. The Labute approximate surface area is 107 Å². The molecule has 0 spiro atoms. The molecular weight excluding hydrogens is 292 g/mol. The Balaban J connectivity index is 2.48. The van der Waals surface area contributed by atoms with E-state index in [-0.39, 0.29) is 6.07 Å². The Kier molecular flexibility index (Phi) is 3.36. The number of oxazole rings is 1. The van der Waals surface area contributed by atoms with Crippen LogP contribution in [0.1, 0.15) is 11.1 Å². The van der Waals surface area contributed by atoms with E-state index in [4.69, 9.17) is 0 Å². The molecular formula is C11H4F6NO2. The van der Waals surface area contributed by atoms with Gasteiger partial charge in [0.05, 0.1) is 11.1 Å². The topological polar surface area (TPSA) is 35.3 Å². The average molecular weight is 296 g/mol. The zero-order valence-electron chi connectivity index (χ0n) is 9.34. The second-order valence-corrected chi connectivity index (χ2v) is 3.59. The van der Waals surface area contributed by atoms with Gasteiger partial charge in [-0.1, -0.05) is 0 Å². The van der Waals surface area contributed by atoms with Crippen molar-refractivity contribution >= 4 is 0 Å². The van der Waals surface area contributed by atoms with E-state index in [2.05, 4.69) is 14.1 Å². The van der Waals surface area contributed by atoms with Gasteiger partial charge in [-0.2, -0.15) is 31.3 Å². The van der Waals surface area contributed by atoms with E-state index in [9.17, 15) is 26.3 Å². The summed E-state index contributed by atoms with van der Waals surface area (Å²) in [5.41, 5.74) is -2.62. The van der Waals surface area contributed by atoms with Crippen molar-refractivity contribution in [3.63, 3.8) is 0 Å². The summed E-state index contributed by atoms with van der Waals surface area (Å²) in [7, 11) is 0. The Hall–Kier alpha value is -2.19. The molecule has 0 aliphatic carbocycles. The molecule has 0 bridgehead atoms. The smallest absolute Gasteiger partial charge is 0.419 e. The third kappa shape index (κ3) is 3.03. The number of alkyl halides is 6. The van der Waals surface area contributed by atoms with E-state index in [0.717, 1.165) is 6.26 Å². The molecule has 1 aromatic carbocycles. The first-order chi connectivity index (χ1) is 9.18. The van der Waals surface area contributed by atoms with Gasteiger partial charge in [0.1, 0.15) is 5.75 Å². The van der Waals surface area contributed by atoms with E-state index in [1.807, 2.05) is 6.39 Å². The maximum Gasteiger partial charge on any atom is 0.419 e. The number of halogens is 6. The van der Waals surface area contributed by atoms with Gasteiger partial charge in [0.2, 0.25) is 0 Å². The van der Waals surface area contributed by atoms with Crippen molar-refractivity contribution in [1.82, 2.24) is 4.98 Å². The van der Waals surface area contributed by atoms with Crippen LogP contribution in [0.25, 0.3) is 0 Å². The number of nitrogens with zero attached hydrogens (tertiary/aromatic N) is 1. The van der Waals surface area contributed by atoms with Crippen LogP contribution in [0, 0.1) is 6.39 Å². The molecule has 1 aromatic heterocycles. The van der Waals surface area contributed by atoms with Crippen LogP contribution in [0.4, 0.5) is 26.3 Å². The average Bonchev–Trinajstić information content (AvgIpc) is 2.79. The third-order valence-corrected chi connectivity index (χ3v) is 2.20. The van der Waals surface area contributed by atoms with E-state index in [1.54, 1.807) is 0 Å². The van der Waals surface area contributed by atoms with Crippen LogP contribution < -0.4 is 4.74 Å². The van der Waals surface area contributed by atoms with E-state index in [1.165, 1.54) is 0 Å². The van der Waals surface area contributed by atoms with Gasteiger partial charge in [-0.15, -0.1) is 0 Å². The highest BCUT2D eigenvalue weighted by Gasteiger charge is 2.38. The first-order valence-electron chi connectivity index (χ1n) is 4.96. The van der Waals surface area contributed by atoms with Crippen LogP contribution in [0.15, 0.2) is 28.9 Å². The normalized spacial score (nSPS) is 12.5. The Morgan fingerprint density at radius 1 is 1.05 bits per heavy atom. The number of hydrogen-bond acceptors (Lipinski definition) is 3. The van der Waals surface area contributed by atoms with Crippen LogP contribution in [0.2, 0.25) is 0 Å². The number of hydrogen-bond donors (Lipinski definition) is 0. The molecule has 0 amide bonds. The van der Waals surface area contributed by atoms with E-state index < -0.39 is 35.1 Å². The van der Waals surface area contributed by atoms with Crippen molar-refractivity contribution in [2.24, 2.45) is 0 Å². The minimum absolute atomic E-state index is 0.248. The van der Waals surface area contributed by atoms with Crippen molar-refractivity contribution in [1.29, 1.82) is 0 Å². The number of aromatic nitrogens is 1. The zero-order chi connectivity index (χ0) is 15.0. The number of ether oxygens (including phenoxy) is 1. The van der Waals surface area contributed by atoms with E-state index >= 15 is 0 Å². The van der Waals surface area contributed by atoms with Crippen molar-refractivity contribution in [3.05, 3.63) is 42.0 Å². The summed E-state index contributed by atoms with van der Waals surface area (Å²) in [6.07, 6.45) is -6.96. The minimum atomic E-state index is -4.87. The van der Waals surface area contributed by atoms with Gasteiger partial charge in [-0.3, -0.25) is 0 Å². The quantitative estimate of drug-likeness (QED) is 0.775. The van der Waals surface area contributed by atoms with Crippen LogP contribution in [0.5, 0.6) is 11.6 Å². The highest BCUT2D eigenvalue weighted by molar-refractivity contribution is 5.42. The molecule has 2 aromatic rings. The molecule has 2 rings (SSSR count).